The summed E-state index contributed by atoms with van der Waals surface area (Å²) in [6.45, 7) is 6.56. The molecule has 112 valence electrons. The molecule has 0 saturated heterocycles. The van der Waals surface area contributed by atoms with Gasteiger partial charge in [-0.1, -0.05) is 12.1 Å². The number of hydrogen-bond donors (Lipinski definition) is 1. The third-order valence-electron chi connectivity index (χ3n) is 3.30. The van der Waals surface area contributed by atoms with E-state index >= 15 is 0 Å². The van der Waals surface area contributed by atoms with Crippen molar-refractivity contribution in [2.75, 3.05) is 6.61 Å². The van der Waals surface area contributed by atoms with Gasteiger partial charge in [0.2, 0.25) is 5.91 Å². The van der Waals surface area contributed by atoms with Crippen molar-refractivity contribution in [1.82, 2.24) is 5.32 Å². The van der Waals surface area contributed by atoms with Crippen molar-refractivity contribution in [2.45, 2.75) is 33.2 Å². The SMILES string of the molecule is Cc1ccc(OC[C@H](C)NC(=O)Cc2cccs2)cc1C. The van der Waals surface area contributed by atoms with E-state index in [2.05, 4.69) is 19.2 Å². The molecule has 0 aliphatic carbocycles. The van der Waals surface area contributed by atoms with Crippen LogP contribution in [-0.2, 0) is 11.2 Å². The van der Waals surface area contributed by atoms with Crippen molar-refractivity contribution >= 4 is 17.2 Å². The molecule has 21 heavy (non-hydrogen) atoms. The third-order valence-corrected chi connectivity index (χ3v) is 4.18. The van der Waals surface area contributed by atoms with Crippen LogP contribution in [0.15, 0.2) is 35.7 Å². The molecule has 0 aliphatic rings. The van der Waals surface area contributed by atoms with Gasteiger partial charge in [0.1, 0.15) is 12.4 Å². The second kappa shape index (κ2) is 7.27. The Bertz CT molecular complexity index is 593. The Balaban J connectivity index is 1.77. The van der Waals surface area contributed by atoms with Crippen LogP contribution >= 0.6 is 11.3 Å². The highest BCUT2D eigenvalue weighted by molar-refractivity contribution is 7.10. The Kier molecular flexibility index (Phi) is 5.39. The van der Waals surface area contributed by atoms with Gasteiger partial charge in [-0.25, -0.2) is 0 Å². The normalized spacial score (nSPS) is 12.0. The van der Waals surface area contributed by atoms with E-state index in [9.17, 15) is 4.79 Å². The second-order valence-electron chi connectivity index (χ2n) is 5.28. The maximum Gasteiger partial charge on any atom is 0.225 e. The van der Waals surface area contributed by atoms with Crippen molar-refractivity contribution in [3.05, 3.63) is 51.7 Å². The predicted octanol–water partition coefficient (Wildman–Crippen LogP) is 3.49. The maximum absolute atomic E-state index is 11.9. The zero-order valence-electron chi connectivity index (χ0n) is 12.7. The number of carbonyl (C=O) groups is 1. The predicted molar refractivity (Wildman–Crippen MR) is 87.0 cm³/mol. The average molecular weight is 303 g/mol. The molecule has 1 aromatic carbocycles. The zero-order chi connectivity index (χ0) is 15.2. The van der Waals surface area contributed by atoms with Crippen molar-refractivity contribution in [3.63, 3.8) is 0 Å². The summed E-state index contributed by atoms with van der Waals surface area (Å²) in [5.41, 5.74) is 2.46. The van der Waals surface area contributed by atoms with E-state index in [1.165, 1.54) is 11.1 Å². The van der Waals surface area contributed by atoms with E-state index < -0.39 is 0 Å². The van der Waals surface area contributed by atoms with Crippen LogP contribution in [0.2, 0.25) is 0 Å². The molecule has 1 amide bonds. The first-order valence-corrected chi connectivity index (χ1v) is 7.94. The number of thiophene rings is 1. The van der Waals surface area contributed by atoms with Gasteiger partial charge in [-0.2, -0.15) is 0 Å². The van der Waals surface area contributed by atoms with Gasteiger partial charge in [0.25, 0.3) is 0 Å². The van der Waals surface area contributed by atoms with Gasteiger partial charge in [0.15, 0.2) is 0 Å². The fourth-order valence-electron chi connectivity index (χ4n) is 1.96. The molecule has 2 rings (SSSR count). The Hall–Kier alpha value is -1.81. The van der Waals surface area contributed by atoms with Crippen LogP contribution in [0.5, 0.6) is 5.75 Å². The summed E-state index contributed by atoms with van der Waals surface area (Å²) in [4.78, 5) is 12.9. The van der Waals surface area contributed by atoms with Gasteiger partial charge < -0.3 is 10.1 Å². The van der Waals surface area contributed by atoms with E-state index in [0.717, 1.165) is 10.6 Å². The van der Waals surface area contributed by atoms with E-state index in [4.69, 9.17) is 4.74 Å². The molecule has 0 unspecified atom stereocenters. The first kappa shape index (κ1) is 15.6. The highest BCUT2D eigenvalue weighted by Crippen LogP contribution is 2.16. The number of hydrogen-bond acceptors (Lipinski definition) is 3. The Morgan fingerprint density at radius 2 is 2.10 bits per heavy atom. The van der Waals surface area contributed by atoms with Crippen molar-refractivity contribution in [2.24, 2.45) is 0 Å². The topological polar surface area (TPSA) is 38.3 Å². The first-order valence-electron chi connectivity index (χ1n) is 7.06. The van der Waals surface area contributed by atoms with Crippen LogP contribution in [-0.4, -0.2) is 18.6 Å². The minimum Gasteiger partial charge on any atom is -0.491 e. The lowest BCUT2D eigenvalue weighted by Crippen LogP contribution is -2.37. The van der Waals surface area contributed by atoms with Gasteiger partial charge in [-0.15, -0.1) is 11.3 Å². The highest BCUT2D eigenvalue weighted by atomic mass is 32.1. The Morgan fingerprint density at radius 1 is 1.29 bits per heavy atom. The zero-order valence-corrected chi connectivity index (χ0v) is 13.5. The lowest BCUT2D eigenvalue weighted by atomic mass is 10.1. The van der Waals surface area contributed by atoms with Crippen LogP contribution in [0.25, 0.3) is 0 Å². The molecule has 0 radical (unpaired) electrons. The summed E-state index contributed by atoms with van der Waals surface area (Å²) < 4.78 is 5.73. The average Bonchev–Trinajstić information content (AvgIpc) is 2.92. The van der Waals surface area contributed by atoms with Crippen molar-refractivity contribution in [3.8, 4) is 5.75 Å². The van der Waals surface area contributed by atoms with Gasteiger partial charge in [0, 0.05) is 4.88 Å². The number of amides is 1. The van der Waals surface area contributed by atoms with E-state index in [1.54, 1.807) is 11.3 Å². The Morgan fingerprint density at radius 3 is 2.76 bits per heavy atom. The second-order valence-corrected chi connectivity index (χ2v) is 6.31. The largest absolute Gasteiger partial charge is 0.491 e. The monoisotopic (exact) mass is 303 g/mol. The minimum atomic E-state index is -0.0147. The van der Waals surface area contributed by atoms with Crippen LogP contribution in [0.3, 0.4) is 0 Å². The molecule has 0 saturated carbocycles. The van der Waals surface area contributed by atoms with E-state index in [-0.39, 0.29) is 11.9 Å². The highest BCUT2D eigenvalue weighted by Gasteiger charge is 2.09. The number of rotatable bonds is 6. The van der Waals surface area contributed by atoms with E-state index in [0.29, 0.717) is 13.0 Å². The lowest BCUT2D eigenvalue weighted by Gasteiger charge is -2.15. The fourth-order valence-corrected chi connectivity index (χ4v) is 2.67. The smallest absolute Gasteiger partial charge is 0.225 e. The molecular formula is C17H21NO2S. The minimum absolute atomic E-state index is 0.0147. The Labute approximate surface area is 130 Å². The number of carbonyl (C=O) groups excluding carboxylic acids is 1. The molecule has 0 bridgehead atoms. The molecule has 0 fully saturated rings. The van der Waals surface area contributed by atoms with E-state index in [1.807, 2.05) is 42.6 Å². The molecule has 1 atom stereocenters. The first-order chi connectivity index (χ1) is 10.0. The summed E-state index contributed by atoms with van der Waals surface area (Å²) in [5, 5.41) is 4.94. The summed E-state index contributed by atoms with van der Waals surface area (Å²) in [5.74, 6) is 0.881. The van der Waals surface area contributed by atoms with Gasteiger partial charge in [-0.05, 0) is 55.5 Å². The van der Waals surface area contributed by atoms with Crippen molar-refractivity contribution < 1.29 is 9.53 Å². The molecule has 0 aliphatic heterocycles. The fraction of sp³-hybridized carbons (Fsp3) is 0.353. The summed E-state index contributed by atoms with van der Waals surface area (Å²) in [6.07, 6.45) is 0.436. The van der Waals surface area contributed by atoms with Crippen molar-refractivity contribution in [1.29, 1.82) is 0 Å². The quantitative estimate of drug-likeness (QED) is 0.887. The molecule has 3 nitrogen and oxygen atoms in total. The van der Waals surface area contributed by atoms with Crippen LogP contribution in [0.4, 0.5) is 0 Å². The molecule has 1 heterocycles. The number of aryl methyl sites for hydroxylation is 2. The molecule has 1 N–H and O–H groups in total. The van der Waals surface area contributed by atoms with Crippen LogP contribution < -0.4 is 10.1 Å². The van der Waals surface area contributed by atoms with Crippen LogP contribution in [0, 0.1) is 13.8 Å². The summed E-state index contributed by atoms with van der Waals surface area (Å²) >= 11 is 1.60. The molecule has 4 heteroatoms. The maximum atomic E-state index is 11.9. The van der Waals surface area contributed by atoms with Gasteiger partial charge in [-0.3, -0.25) is 4.79 Å². The third kappa shape index (κ3) is 4.90. The molecule has 0 spiro atoms. The van der Waals surface area contributed by atoms with Gasteiger partial charge >= 0.3 is 0 Å². The number of ether oxygens (including phenoxy) is 1. The van der Waals surface area contributed by atoms with Crippen LogP contribution in [0.1, 0.15) is 22.9 Å². The summed E-state index contributed by atoms with van der Waals surface area (Å²) in [7, 11) is 0. The molecular weight excluding hydrogens is 282 g/mol. The number of benzene rings is 1. The standard InChI is InChI=1S/C17H21NO2S/c1-12-6-7-15(9-13(12)2)20-11-14(3)18-17(19)10-16-5-4-8-21-16/h4-9,14H,10-11H2,1-3H3,(H,18,19)/t14-/m0/s1. The van der Waals surface area contributed by atoms with Gasteiger partial charge in [0.05, 0.1) is 12.5 Å². The molecule has 1 aromatic heterocycles. The summed E-state index contributed by atoms with van der Waals surface area (Å²) in [6, 6.07) is 9.95. The number of nitrogens with one attached hydrogen (secondary N) is 1. The molecule has 2 aromatic rings. The lowest BCUT2D eigenvalue weighted by molar-refractivity contribution is -0.121.